The molecule has 0 aliphatic carbocycles. The van der Waals surface area contributed by atoms with E-state index in [2.05, 4.69) is 30.8 Å². The molecule has 0 bridgehead atoms. The molecule has 1 aromatic heterocycles. The summed E-state index contributed by atoms with van der Waals surface area (Å²) >= 11 is 0. The van der Waals surface area contributed by atoms with Gasteiger partial charge in [-0.05, 0) is 50.8 Å². The molecule has 0 N–H and O–H groups in total. The average molecular weight is 389 g/mol. The zero-order chi connectivity index (χ0) is 20.3. The molecule has 1 aromatic rings. The number of piperidine rings is 1. The van der Waals surface area contributed by atoms with Crippen LogP contribution >= 0.6 is 0 Å². The molecule has 1 amide bonds. The Hall–Kier alpha value is -1.69. The number of aromatic nitrogens is 2. The number of hydrogen-bond acceptors (Lipinski definition) is 4. The van der Waals surface area contributed by atoms with Gasteiger partial charge in [0.15, 0.2) is 0 Å². The van der Waals surface area contributed by atoms with E-state index < -0.39 is 0 Å². The molecule has 0 aromatic carbocycles. The van der Waals surface area contributed by atoms with Crippen molar-refractivity contribution in [3.8, 4) is 0 Å². The summed E-state index contributed by atoms with van der Waals surface area (Å²) in [5.74, 6) is 0.784. The van der Waals surface area contributed by atoms with Crippen LogP contribution < -0.4 is 5.56 Å². The number of carbonyl (C=O) groups excluding carboxylic acids is 1. The molecule has 1 unspecified atom stereocenters. The van der Waals surface area contributed by atoms with Gasteiger partial charge in [0.2, 0.25) is 5.91 Å². The van der Waals surface area contributed by atoms with Gasteiger partial charge in [0.25, 0.3) is 5.56 Å². The zero-order valence-corrected chi connectivity index (χ0v) is 18.0. The van der Waals surface area contributed by atoms with Gasteiger partial charge >= 0.3 is 0 Å². The fourth-order valence-corrected chi connectivity index (χ4v) is 4.32. The van der Waals surface area contributed by atoms with Gasteiger partial charge in [-0.2, -0.15) is 5.10 Å². The first kappa shape index (κ1) is 21.0. The first-order valence-electron chi connectivity index (χ1n) is 10.8. The molecule has 2 aliphatic rings. The molecule has 28 heavy (non-hydrogen) atoms. The van der Waals surface area contributed by atoms with E-state index in [0.29, 0.717) is 30.8 Å². The predicted octanol–water partition coefficient (Wildman–Crippen LogP) is 2.65. The van der Waals surface area contributed by atoms with Gasteiger partial charge in [-0.25, -0.2) is 4.68 Å². The normalized spacial score (nSPS) is 23.1. The van der Waals surface area contributed by atoms with Crippen molar-refractivity contribution in [1.82, 2.24) is 19.6 Å². The highest BCUT2D eigenvalue weighted by molar-refractivity contribution is 5.76. The molecular formula is C22H36N4O2. The first-order chi connectivity index (χ1) is 13.2. The quantitative estimate of drug-likeness (QED) is 0.796. The van der Waals surface area contributed by atoms with E-state index in [-0.39, 0.29) is 11.0 Å². The molecule has 2 aliphatic heterocycles. The molecule has 2 saturated heterocycles. The second kappa shape index (κ2) is 8.76. The molecule has 3 rings (SSSR count). The minimum absolute atomic E-state index is 0.00553. The number of hydrogen-bond donors (Lipinski definition) is 0. The van der Waals surface area contributed by atoms with Crippen LogP contribution in [0, 0.1) is 5.92 Å². The molecule has 0 radical (unpaired) electrons. The lowest BCUT2D eigenvalue weighted by Gasteiger charge is -2.36. The molecule has 3 heterocycles. The van der Waals surface area contributed by atoms with Crippen molar-refractivity contribution in [1.29, 1.82) is 0 Å². The minimum Gasteiger partial charge on any atom is -0.341 e. The van der Waals surface area contributed by atoms with E-state index in [1.54, 1.807) is 10.7 Å². The summed E-state index contributed by atoms with van der Waals surface area (Å²) in [5.41, 5.74) is 0.903. The van der Waals surface area contributed by atoms with Crippen molar-refractivity contribution < 1.29 is 4.79 Å². The second-order valence-electron chi connectivity index (χ2n) is 9.64. The number of rotatable bonds is 4. The summed E-state index contributed by atoms with van der Waals surface area (Å²) in [7, 11) is 1.96. The monoisotopic (exact) mass is 388 g/mol. The van der Waals surface area contributed by atoms with Gasteiger partial charge in [-0.1, -0.05) is 27.2 Å². The molecular weight excluding hydrogens is 352 g/mol. The van der Waals surface area contributed by atoms with E-state index in [4.69, 9.17) is 0 Å². The third-order valence-corrected chi connectivity index (χ3v) is 6.36. The van der Waals surface area contributed by atoms with Crippen LogP contribution in [0.1, 0.15) is 65.0 Å². The summed E-state index contributed by atoms with van der Waals surface area (Å²) in [5, 5.41) is 4.63. The summed E-state index contributed by atoms with van der Waals surface area (Å²) in [6.07, 6.45) is 6.15. The summed E-state index contributed by atoms with van der Waals surface area (Å²) < 4.78 is 1.67. The van der Waals surface area contributed by atoms with Crippen LogP contribution in [0.25, 0.3) is 0 Å². The van der Waals surface area contributed by atoms with Crippen LogP contribution in [0.3, 0.4) is 0 Å². The zero-order valence-electron chi connectivity index (χ0n) is 18.0. The number of likely N-dealkylation sites (N-methyl/N-ethyl adjacent to an activating group) is 1. The Morgan fingerprint density at radius 3 is 2.43 bits per heavy atom. The van der Waals surface area contributed by atoms with Gasteiger partial charge in [0, 0.05) is 44.1 Å². The van der Waals surface area contributed by atoms with Crippen LogP contribution in [-0.2, 0) is 16.8 Å². The van der Waals surface area contributed by atoms with E-state index in [1.807, 2.05) is 18.0 Å². The van der Waals surface area contributed by atoms with Crippen molar-refractivity contribution in [3.05, 3.63) is 28.2 Å². The van der Waals surface area contributed by atoms with Gasteiger partial charge in [0.05, 0.1) is 5.69 Å². The van der Waals surface area contributed by atoms with E-state index in [1.165, 1.54) is 0 Å². The topological polar surface area (TPSA) is 58.4 Å². The van der Waals surface area contributed by atoms with Gasteiger partial charge < -0.3 is 9.80 Å². The molecule has 2 fully saturated rings. The van der Waals surface area contributed by atoms with Crippen molar-refractivity contribution in [2.45, 2.75) is 77.3 Å². The highest BCUT2D eigenvalue weighted by Gasteiger charge is 2.27. The van der Waals surface area contributed by atoms with Gasteiger partial charge in [0.1, 0.15) is 0 Å². The maximum Gasteiger partial charge on any atom is 0.266 e. The first-order valence-corrected chi connectivity index (χ1v) is 10.8. The van der Waals surface area contributed by atoms with Crippen molar-refractivity contribution in [3.63, 3.8) is 0 Å². The summed E-state index contributed by atoms with van der Waals surface area (Å²) in [4.78, 5) is 28.8. The Morgan fingerprint density at radius 1 is 1.04 bits per heavy atom. The van der Waals surface area contributed by atoms with Crippen LogP contribution in [0.5, 0.6) is 0 Å². The van der Waals surface area contributed by atoms with E-state index in [9.17, 15) is 9.59 Å². The minimum atomic E-state index is -0.0546. The van der Waals surface area contributed by atoms with Crippen molar-refractivity contribution in [2.24, 2.45) is 5.92 Å². The van der Waals surface area contributed by atoms with Crippen molar-refractivity contribution in [2.75, 3.05) is 26.7 Å². The SMILES string of the molecule is CN1C(=O)CCCCC1CN1CCC(Cn2nc(C(C)(C)C)ccc2=O)CC1. The van der Waals surface area contributed by atoms with Gasteiger partial charge in [-0.15, -0.1) is 0 Å². The second-order valence-corrected chi connectivity index (χ2v) is 9.64. The summed E-state index contributed by atoms with van der Waals surface area (Å²) in [6.45, 7) is 10.1. The summed E-state index contributed by atoms with van der Waals surface area (Å²) in [6, 6.07) is 3.85. The smallest absolute Gasteiger partial charge is 0.266 e. The largest absolute Gasteiger partial charge is 0.341 e. The van der Waals surface area contributed by atoms with Crippen molar-refractivity contribution >= 4 is 5.91 Å². The third-order valence-electron chi connectivity index (χ3n) is 6.36. The number of carbonyl (C=O) groups is 1. The molecule has 6 heteroatoms. The fourth-order valence-electron chi connectivity index (χ4n) is 4.32. The van der Waals surface area contributed by atoms with Crippen LogP contribution in [0.15, 0.2) is 16.9 Å². The maximum absolute atomic E-state index is 12.3. The van der Waals surface area contributed by atoms with E-state index in [0.717, 1.165) is 57.4 Å². The lowest BCUT2D eigenvalue weighted by molar-refractivity contribution is -0.131. The lowest BCUT2D eigenvalue weighted by Crippen LogP contribution is -2.46. The fraction of sp³-hybridized carbons (Fsp3) is 0.773. The third kappa shape index (κ3) is 5.22. The van der Waals surface area contributed by atoms with Crippen LogP contribution in [0.2, 0.25) is 0 Å². The van der Waals surface area contributed by atoms with Crippen LogP contribution in [0.4, 0.5) is 0 Å². The Balaban J connectivity index is 1.54. The molecule has 6 nitrogen and oxygen atoms in total. The lowest BCUT2D eigenvalue weighted by atomic mass is 9.92. The number of likely N-dealkylation sites (tertiary alicyclic amines) is 2. The Bertz CT molecular complexity index is 729. The maximum atomic E-state index is 12.3. The van der Waals surface area contributed by atoms with E-state index >= 15 is 0 Å². The Kier molecular flexibility index (Phi) is 6.58. The molecule has 0 saturated carbocycles. The standard InChI is InChI=1S/C22H36N4O2/c1-22(2,3)19-9-10-21(28)26(23-19)15-17-11-13-25(14-12-17)16-18-7-5-6-8-20(27)24(18)4/h9-10,17-18H,5-8,11-16H2,1-4H3. The molecule has 156 valence electrons. The number of nitrogens with zero attached hydrogens (tertiary/aromatic N) is 4. The number of amides is 1. The highest BCUT2D eigenvalue weighted by atomic mass is 16.2. The Morgan fingerprint density at radius 2 is 1.75 bits per heavy atom. The predicted molar refractivity (Wildman–Crippen MR) is 111 cm³/mol. The average Bonchev–Trinajstić information content (AvgIpc) is 2.80. The van der Waals surface area contributed by atoms with Crippen LogP contribution in [-0.4, -0.2) is 58.2 Å². The molecule has 0 spiro atoms. The molecule has 1 atom stereocenters. The Labute approximate surface area is 168 Å². The highest BCUT2D eigenvalue weighted by Crippen LogP contribution is 2.23. The van der Waals surface area contributed by atoms with Gasteiger partial charge in [-0.3, -0.25) is 9.59 Å².